The van der Waals surface area contributed by atoms with Gasteiger partial charge in [0.2, 0.25) is 0 Å². The monoisotopic (exact) mass is 312 g/mol. The van der Waals surface area contributed by atoms with E-state index in [0.717, 1.165) is 0 Å². The predicted molar refractivity (Wildman–Crippen MR) is 87.0 cm³/mol. The molecule has 3 rings (SSSR count). The van der Waals surface area contributed by atoms with Crippen LogP contribution in [0.25, 0.3) is 11.1 Å². The number of nitrogens with one attached hydrogen (secondary N) is 1. The number of hydrogen-bond donors (Lipinski definition) is 1. The third kappa shape index (κ3) is 2.83. The van der Waals surface area contributed by atoms with Crippen LogP contribution in [0.5, 0.6) is 5.75 Å². The fourth-order valence-electron chi connectivity index (χ4n) is 2.35. The van der Waals surface area contributed by atoms with Crippen LogP contribution in [0.4, 0.5) is 5.69 Å². The normalized spacial score (nSPS) is 10.7. The Kier molecular flexibility index (Phi) is 3.89. The molecular weight excluding hydrogens is 296 g/mol. The van der Waals surface area contributed by atoms with Gasteiger partial charge in [0, 0.05) is 18.8 Å². The van der Waals surface area contributed by atoms with Gasteiger partial charge in [-0.1, -0.05) is 12.1 Å². The molecular formula is C17H16N2O4. The predicted octanol–water partition coefficient (Wildman–Crippen LogP) is 2.78. The van der Waals surface area contributed by atoms with Crippen LogP contribution in [0.3, 0.4) is 0 Å². The highest BCUT2D eigenvalue weighted by Gasteiger charge is 2.13. The number of anilines is 1. The van der Waals surface area contributed by atoms with Gasteiger partial charge in [-0.2, -0.15) is 0 Å². The molecule has 6 nitrogen and oxygen atoms in total. The fraction of sp³-hybridized carbons (Fsp3) is 0.176. The molecule has 1 heterocycles. The average Bonchev–Trinajstić information content (AvgIpc) is 2.82. The van der Waals surface area contributed by atoms with Crippen LogP contribution in [0, 0.1) is 0 Å². The van der Waals surface area contributed by atoms with Gasteiger partial charge in [-0.05, 0) is 31.2 Å². The number of para-hydroxylation sites is 1. The number of rotatable bonds is 4. The van der Waals surface area contributed by atoms with Crippen molar-refractivity contribution in [3.05, 3.63) is 58.6 Å². The molecule has 0 saturated heterocycles. The number of benzene rings is 2. The Morgan fingerprint density at radius 1 is 1.26 bits per heavy atom. The molecule has 0 aliphatic heterocycles. The van der Waals surface area contributed by atoms with Gasteiger partial charge in [0.05, 0.1) is 17.7 Å². The molecule has 0 aliphatic rings. The van der Waals surface area contributed by atoms with Gasteiger partial charge in [-0.25, -0.2) is 4.79 Å². The first kappa shape index (κ1) is 14.9. The number of hydrogen-bond acceptors (Lipinski definition) is 4. The molecule has 1 aromatic heterocycles. The second kappa shape index (κ2) is 6.00. The minimum absolute atomic E-state index is 0.285. The van der Waals surface area contributed by atoms with Crippen molar-refractivity contribution in [3.8, 4) is 5.75 Å². The molecule has 0 spiro atoms. The maximum atomic E-state index is 12.4. The Bertz CT molecular complexity index is 924. The van der Waals surface area contributed by atoms with Crippen LogP contribution in [-0.2, 0) is 7.05 Å². The van der Waals surface area contributed by atoms with Gasteiger partial charge < -0.3 is 14.5 Å². The molecule has 0 saturated carbocycles. The summed E-state index contributed by atoms with van der Waals surface area (Å²) in [6, 6.07) is 12.1. The third-order valence-corrected chi connectivity index (χ3v) is 3.48. The zero-order valence-electron chi connectivity index (χ0n) is 12.8. The van der Waals surface area contributed by atoms with E-state index in [1.54, 1.807) is 43.4 Å². The summed E-state index contributed by atoms with van der Waals surface area (Å²) in [6.45, 7) is 2.34. The SMILES string of the molecule is CCOc1ccccc1C(=O)Nc1ccc2c(c1)oc(=O)n2C. The van der Waals surface area contributed by atoms with Gasteiger partial charge >= 0.3 is 5.76 Å². The molecule has 0 fully saturated rings. The molecule has 1 N–H and O–H groups in total. The molecule has 2 aromatic carbocycles. The van der Waals surface area contributed by atoms with E-state index < -0.39 is 5.76 Å². The van der Waals surface area contributed by atoms with Gasteiger partial charge in [-0.3, -0.25) is 9.36 Å². The number of ether oxygens (including phenoxy) is 1. The molecule has 1 amide bonds. The first-order chi connectivity index (χ1) is 11.1. The van der Waals surface area contributed by atoms with E-state index in [2.05, 4.69) is 5.32 Å². The summed E-state index contributed by atoms with van der Waals surface area (Å²) < 4.78 is 12.0. The van der Waals surface area contributed by atoms with Crippen LogP contribution in [0.1, 0.15) is 17.3 Å². The maximum Gasteiger partial charge on any atom is 0.419 e. The Hall–Kier alpha value is -3.02. The fourth-order valence-corrected chi connectivity index (χ4v) is 2.35. The molecule has 118 valence electrons. The van der Waals surface area contributed by atoms with E-state index in [-0.39, 0.29) is 5.91 Å². The first-order valence-corrected chi connectivity index (χ1v) is 7.23. The average molecular weight is 312 g/mol. The second-order valence-corrected chi connectivity index (χ2v) is 4.99. The Morgan fingerprint density at radius 2 is 2.04 bits per heavy atom. The Balaban J connectivity index is 1.90. The summed E-state index contributed by atoms with van der Waals surface area (Å²) in [5.74, 6) is -0.198. The maximum absolute atomic E-state index is 12.4. The van der Waals surface area contributed by atoms with Gasteiger partial charge in [0.15, 0.2) is 5.58 Å². The number of carbonyl (C=O) groups excluding carboxylic acids is 1. The van der Waals surface area contributed by atoms with E-state index in [9.17, 15) is 9.59 Å². The molecule has 23 heavy (non-hydrogen) atoms. The number of nitrogens with zero attached hydrogens (tertiary/aromatic N) is 1. The van der Waals surface area contributed by atoms with Gasteiger partial charge in [0.1, 0.15) is 5.75 Å². The second-order valence-electron chi connectivity index (χ2n) is 4.99. The summed E-state index contributed by atoms with van der Waals surface area (Å²) in [7, 11) is 1.63. The Morgan fingerprint density at radius 3 is 2.83 bits per heavy atom. The molecule has 0 radical (unpaired) electrons. The van der Waals surface area contributed by atoms with Crippen molar-refractivity contribution in [2.45, 2.75) is 6.92 Å². The molecule has 0 atom stereocenters. The van der Waals surface area contributed by atoms with Crippen LogP contribution < -0.4 is 15.8 Å². The highest BCUT2D eigenvalue weighted by Crippen LogP contribution is 2.22. The van der Waals surface area contributed by atoms with E-state index in [1.165, 1.54) is 4.57 Å². The van der Waals surface area contributed by atoms with Crippen molar-refractivity contribution in [1.82, 2.24) is 4.57 Å². The van der Waals surface area contributed by atoms with E-state index in [0.29, 0.717) is 34.7 Å². The number of fused-ring (bicyclic) bond motifs is 1. The van der Waals surface area contributed by atoms with Crippen LogP contribution in [0.15, 0.2) is 51.7 Å². The standard InChI is InChI=1S/C17H16N2O4/c1-3-22-14-7-5-4-6-12(14)16(20)18-11-8-9-13-15(10-11)23-17(21)19(13)2/h4-10H,3H2,1-2H3,(H,18,20). The minimum atomic E-state index is -0.440. The molecule has 6 heteroatoms. The lowest BCUT2D eigenvalue weighted by Crippen LogP contribution is -2.13. The zero-order valence-corrected chi connectivity index (χ0v) is 12.8. The lowest BCUT2D eigenvalue weighted by Gasteiger charge is -2.10. The third-order valence-electron chi connectivity index (χ3n) is 3.48. The van der Waals surface area contributed by atoms with Crippen molar-refractivity contribution >= 4 is 22.7 Å². The highest BCUT2D eigenvalue weighted by atomic mass is 16.5. The summed E-state index contributed by atoms with van der Waals surface area (Å²) in [5, 5.41) is 2.79. The quantitative estimate of drug-likeness (QED) is 0.804. The van der Waals surface area contributed by atoms with Crippen molar-refractivity contribution in [2.75, 3.05) is 11.9 Å². The summed E-state index contributed by atoms with van der Waals surface area (Å²) in [5.41, 5.74) is 2.09. The number of amides is 1. The first-order valence-electron chi connectivity index (χ1n) is 7.23. The van der Waals surface area contributed by atoms with Crippen LogP contribution in [-0.4, -0.2) is 17.1 Å². The molecule has 0 bridgehead atoms. The largest absolute Gasteiger partial charge is 0.493 e. The topological polar surface area (TPSA) is 73.5 Å². The highest BCUT2D eigenvalue weighted by molar-refractivity contribution is 6.06. The Labute approximate surface area is 132 Å². The van der Waals surface area contributed by atoms with Gasteiger partial charge in [-0.15, -0.1) is 0 Å². The minimum Gasteiger partial charge on any atom is -0.493 e. The summed E-state index contributed by atoms with van der Waals surface area (Å²) in [6.07, 6.45) is 0. The van der Waals surface area contributed by atoms with E-state index in [4.69, 9.17) is 9.15 Å². The lowest BCUT2D eigenvalue weighted by atomic mass is 10.2. The van der Waals surface area contributed by atoms with Crippen molar-refractivity contribution in [2.24, 2.45) is 7.05 Å². The molecule has 3 aromatic rings. The number of aryl methyl sites for hydroxylation is 1. The number of carbonyl (C=O) groups is 1. The van der Waals surface area contributed by atoms with Crippen LogP contribution >= 0.6 is 0 Å². The molecule has 0 unspecified atom stereocenters. The van der Waals surface area contributed by atoms with E-state index >= 15 is 0 Å². The van der Waals surface area contributed by atoms with Crippen molar-refractivity contribution in [1.29, 1.82) is 0 Å². The van der Waals surface area contributed by atoms with Crippen molar-refractivity contribution < 1.29 is 13.9 Å². The van der Waals surface area contributed by atoms with E-state index in [1.807, 2.05) is 13.0 Å². The zero-order chi connectivity index (χ0) is 16.4. The summed E-state index contributed by atoms with van der Waals surface area (Å²) >= 11 is 0. The number of oxazole rings is 1. The summed E-state index contributed by atoms with van der Waals surface area (Å²) in [4.78, 5) is 23.9. The lowest BCUT2D eigenvalue weighted by molar-refractivity contribution is 0.102. The molecule has 0 aliphatic carbocycles. The van der Waals surface area contributed by atoms with Gasteiger partial charge in [0.25, 0.3) is 5.91 Å². The smallest absolute Gasteiger partial charge is 0.419 e. The number of aromatic nitrogens is 1. The van der Waals surface area contributed by atoms with Crippen LogP contribution in [0.2, 0.25) is 0 Å². The van der Waals surface area contributed by atoms with Crippen molar-refractivity contribution in [3.63, 3.8) is 0 Å².